The zero-order valence-electron chi connectivity index (χ0n) is 13.5. The quantitative estimate of drug-likeness (QED) is 0.632. The van der Waals surface area contributed by atoms with E-state index >= 15 is 0 Å². The van der Waals surface area contributed by atoms with E-state index < -0.39 is 15.7 Å². The Morgan fingerprint density at radius 2 is 2.20 bits per heavy atom. The summed E-state index contributed by atoms with van der Waals surface area (Å²) in [6.45, 7) is 5.88. The average molecular weight is 395 g/mol. The molecule has 0 radical (unpaired) electrons. The molecule has 1 amide bonds. The Balaban J connectivity index is 2.21. The first-order valence-corrected chi connectivity index (χ1v) is 10.6. The highest BCUT2D eigenvalue weighted by molar-refractivity contribution is 7.90. The van der Waals surface area contributed by atoms with Gasteiger partial charge in [-0.1, -0.05) is 21.9 Å². The van der Waals surface area contributed by atoms with Gasteiger partial charge in [0.2, 0.25) is 0 Å². The van der Waals surface area contributed by atoms with E-state index in [0.29, 0.717) is 21.9 Å². The molecule has 7 nitrogen and oxygen atoms in total. The molecule has 3 rings (SSSR count). The van der Waals surface area contributed by atoms with Crippen LogP contribution >= 0.6 is 22.9 Å². The second-order valence-electron chi connectivity index (χ2n) is 5.29. The van der Waals surface area contributed by atoms with E-state index in [0.717, 1.165) is 28.0 Å². The molecule has 0 saturated carbocycles. The molecule has 0 bridgehead atoms. The zero-order chi connectivity index (χ0) is 18.2. The molecule has 130 valence electrons. The summed E-state index contributed by atoms with van der Waals surface area (Å²) < 4.78 is 29.8. The lowest BCUT2D eigenvalue weighted by molar-refractivity contribution is 0.100. The largest absolute Gasteiger partial charge is 0.312 e. The molecule has 3 aromatic rings. The number of carbonyl (C=O) groups excluding carboxylic acids is 1. The first-order chi connectivity index (χ1) is 11.8. The van der Waals surface area contributed by atoms with Crippen LogP contribution in [0.3, 0.4) is 0 Å². The first-order valence-electron chi connectivity index (χ1n) is 7.13. The topological polar surface area (TPSA) is 94.3 Å². The van der Waals surface area contributed by atoms with Gasteiger partial charge in [-0.2, -0.15) is 4.99 Å². The van der Waals surface area contributed by atoms with Crippen molar-refractivity contribution in [1.82, 2.24) is 14.2 Å². The first kappa shape index (κ1) is 17.6. The molecule has 0 aliphatic carbocycles. The number of aromatic nitrogens is 3. The van der Waals surface area contributed by atoms with Crippen molar-refractivity contribution in [3.05, 3.63) is 46.2 Å². The monoisotopic (exact) mass is 394 g/mol. The fourth-order valence-electron chi connectivity index (χ4n) is 2.24. The van der Waals surface area contributed by atoms with Gasteiger partial charge < -0.3 is 4.57 Å². The molecule has 2 heterocycles. The molecule has 2 aromatic heterocycles. The Bertz CT molecular complexity index is 1150. The normalized spacial score (nSPS) is 12.6. The summed E-state index contributed by atoms with van der Waals surface area (Å²) in [5.41, 5.74) is 1.33. The Morgan fingerprint density at radius 3 is 2.80 bits per heavy atom. The number of thiazole rings is 1. The number of rotatable bonds is 4. The molecular formula is C15H14N4O3S3. The van der Waals surface area contributed by atoms with Crippen molar-refractivity contribution in [3.63, 3.8) is 0 Å². The van der Waals surface area contributed by atoms with Crippen LogP contribution < -0.4 is 4.80 Å². The number of hydrogen-bond acceptors (Lipinski definition) is 7. The summed E-state index contributed by atoms with van der Waals surface area (Å²) in [4.78, 5) is 17.7. The lowest BCUT2D eigenvalue weighted by atomic mass is 10.3. The molecule has 0 atom stereocenters. The maximum Gasteiger partial charge on any atom is 0.293 e. The highest BCUT2D eigenvalue weighted by Gasteiger charge is 2.15. The van der Waals surface area contributed by atoms with E-state index in [1.807, 2.05) is 4.57 Å². The van der Waals surface area contributed by atoms with Gasteiger partial charge in [-0.05, 0) is 36.7 Å². The van der Waals surface area contributed by atoms with Gasteiger partial charge in [-0.15, -0.1) is 11.7 Å². The molecule has 0 unspecified atom stereocenters. The lowest BCUT2D eigenvalue weighted by Crippen LogP contribution is -2.16. The molecule has 0 fully saturated rings. The summed E-state index contributed by atoms with van der Waals surface area (Å²) in [5, 5.41) is 3.82. The van der Waals surface area contributed by atoms with Crippen molar-refractivity contribution in [2.24, 2.45) is 4.99 Å². The predicted molar refractivity (Wildman–Crippen MR) is 97.7 cm³/mol. The van der Waals surface area contributed by atoms with Gasteiger partial charge in [-0.3, -0.25) is 4.79 Å². The van der Waals surface area contributed by atoms with Crippen molar-refractivity contribution < 1.29 is 13.2 Å². The van der Waals surface area contributed by atoms with Crippen molar-refractivity contribution in [1.29, 1.82) is 0 Å². The third-order valence-corrected chi connectivity index (χ3v) is 6.40. The number of amides is 1. The van der Waals surface area contributed by atoms with Gasteiger partial charge in [0.15, 0.2) is 14.6 Å². The third kappa shape index (κ3) is 3.46. The second-order valence-corrected chi connectivity index (χ2v) is 9.07. The summed E-state index contributed by atoms with van der Waals surface area (Å²) in [6.07, 6.45) is 2.85. The van der Waals surface area contributed by atoms with Crippen LogP contribution in [-0.4, -0.2) is 34.7 Å². The molecule has 0 N–H and O–H groups in total. The maximum atomic E-state index is 12.4. The minimum atomic E-state index is -3.31. The van der Waals surface area contributed by atoms with Gasteiger partial charge in [0.1, 0.15) is 4.88 Å². The standard InChI is InChI=1S/C15H14N4O3S3/c1-4-7-19-11-6-5-10(25(3,21)22)8-12(11)23-15(19)16-14(20)13-9(2)17-18-24-13/h4-6,8H,1,7H2,2-3H3. The third-order valence-electron chi connectivity index (χ3n) is 3.44. The molecule has 1 aromatic carbocycles. The van der Waals surface area contributed by atoms with Gasteiger partial charge >= 0.3 is 0 Å². The summed E-state index contributed by atoms with van der Waals surface area (Å²) in [7, 11) is -3.31. The SMILES string of the molecule is C=CCn1c(=NC(=O)c2snnc2C)sc2cc(S(C)(=O)=O)ccc21. The van der Waals surface area contributed by atoms with Crippen LogP contribution in [0.4, 0.5) is 0 Å². The molecular weight excluding hydrogens is 380 g/mol. The van der Waals surface area contributed by atoms with E-state index in [1.165, 1.54) is 11.3 Å². The van der Waals surface area contributed by atoms with Gasteiger partial charge in [-0.25, -0.2) is 8.42 Å². The van der Waals surface area contributed by atoms with Crippen LogP contribution in [0.1, 0.15) is 15.4 Å². The number of benzene rings is 1. The summed E-state index contributed by atoms with van der Waals surface area (Å²) in [6, 6.07) is 4.86. The Morgan fingerprint density at radius 1 is 1.44 bits per heavy atom. The van der Waals surface area contributed by atoms with E-state index in [1.54, 1.807) is 31.2 Å². The Labute approximate surface area is 152 Å². The van der Waals surface area contributed by atoms with Crippen LogP contribution in [0.25, 0.3) is 10.2 Å². The van der Waals surface area contributed by atoms with Gasteiger partial charge in [0, 0.05) is 12.8 Å². The summed E-state index contributed by atoms with van der Waals surface area (Å²) >= 11 is 2.25. The van der Waals surface area contributed by atoms with Crippen LogP contribution in [0.15, 0.2) is 40.7 Å². The number of carbonyl (C=O) groups is 1. The van der Waals surface area contributed by atoms with E-state index in [-0.39, 0.29) is 4.90 Å². The number of aryl methyl sites for hydroxylation is 1. The van der Waals surface area contributed by atoms with E-state index in [2.05, 4.69) is 21.2 Å². The highest BCUT2D eigenvalue weighted by atomic mass is 32.2. The smallest absolute Gasteiger partial charge is 0.293 e. The summed E-state index contributed by atoms with van der Waals surface area (Å²) in [5.74, 6) is -0.416. The van der Waals surface area contributed by atoms with Gasteiger partial charge in [0.05, 0.1) is 20.8 Å². The zero-order valence-corrected chi connectivity index (χ0v) is 15.9. The van der Waals surface area contributed by atoms with E-state index in [9.17, 15) is 13.2 Å². The van der Waals surface area contributed by atoms with E-state index in [4.69, 9.17) is 0 Å². The number of allylic oxidation sites excluding steroid dienone is 1. The fraction of sp³-hybridized carbons (Fsp3) is 0.200. The van der Waals surface area contributed by atoms with Crippen LogP contribution in [-0.2, 0) is 16.4 Å². The molecule has 0 saturated heterocycles. The predicted octanol–water partition coefficient (Wildman–Crippen LogP) is 2.19. The second kappa shape index (κ2) is 6.62. The van der Waals surface area contributed by atoms with Crippen LogP contribution in [0.2, 0.25) is 0 Å². The number of fused-ring (bicyclic) bond motifs is 1. The molecule has 10 heteroatoms. The molecule has 0 aliphatic heterocycles. The van der Waals surface area contributed by atoms with Crippen molar-refractivity contribution >= 4 is 48.8 Å². The highest BCUT2D eigenvalue weighted by Crippen LogP contribution is 2.22. The Kier molecular flexibility index (Phi) is 4.67. The van der Waals surface area contributed by atoms with Crippen molar-refractivity contribution in [2.75, 3.05) is 6.26 Å². The maximum absolute atomic E-state index is 12.4. The van der Waals surface area contributed by atoms with Crippen molar-refractivity contribution in [2.45, 2.75) is 18.4 Å². The van der Waals surface area contributed by atoms with Crippen LogP contribution in [0, 0.1) is 6.92 Å². The number of hydrogen-bond donors (Lipinski definition) is 0. The van der Waals surface area contributed by atoms with Crippen LogP contribution in [0.5, 0.6) is 0 Å². The lowest BCUT2D eigenvalue weighted by Gasteiger charge is -2.02. The average Bonchev–Trinajstić information content (AvgIpc) is 3.10. The van der Waals surface area contributed by atoms with Crippen molar-refractivity contribution in [3.8, 4) is 0 Å². The minimum Gasteiger partial charge on any atom is -0.312 e. The molecule has 0 spiro atoms. The molecule has 0 aliphatic rings. The fourth-order valence-corrected chi connectivity index (χ4v) is 4.58. The minimum absolute atomic E-state index is 0.229. The number of sulfone groups is 1. The Hall–Kier alpha value is -2.17. The number of nitrogens with zero attached hydrogens (tertiary/aromatic N) is 4. The van der Waals surface area contributed by atoms with Gasteiger partial charge in [0.25, 0.3) is 5.91 Å². The molecule has 25 heavy (non-hydrogen) atoms.